The number of carbonyl (C=O) groups excluding carboxylic acids is 1. The first-order chi connectivity index (χ1) is 11.0. The second kappa shape index (κ2) is 8.90. The van der Waals surface area contributed by atoms with Crippen LogP contribution in [0.3, 0.4) is 0 Å². The molecule has 8 heteroatoms. The Labute approximate surface area is 140 Å². The highest BCUT2D eigenvalue weighted by Gasteiger charge is 2.18. The lowest BCUT2D eigenvalue weighted by atomic mass is 10.1. The van der Waals surface area contributed by atoms with Crippen molar-refractivity contribution in [2.75, 3.05) is 26.5 Å². The average molecular weight is 336 g/mol. The van der Waals surface area contributed by atoms with Gasteiger partial charge in [-0.15, -0.1) is 0 Å². The van der Waals surface area contributed by atoms with Crippen molar-refractivity contribution in [3.8, 4) is 17.7 Å². The van der Waals surface area contributed by atoms with Crippen LogP contribution in [-0.4, -0.2) is 47.5 Å². The lowest BCUT2D eigenvalue weighted by molar-refractivity contribution is 0.0772. The van der Waals surface area contributed by atoms with E-state index in [0.29, 0.717) is 23.8 Å². The van der Waals surface area contributed by atoms with Crippen LogP contribution in [-0.2, 0) is 0 Å². The summed E-state index contributed by atoms with van der Waals surface area (Å²) in [7, 11) is 1.40. The fourth-order valence-electron chi connectivity index (χ4n) is 1.93. The third kappa shape index (κ3) is 4.53. The van der Waals surface area contributed by atoms with Crippen LogP contribution >= 0.6 is 11.8 Å². The number of phenolic OH excluding ortho intramolecular Hbond substituents is 1. The van der Waals surface area contributed by atoms with Crippen molar-refractivity contribution in [3.63, 3.8) is 0 Å². The molecule has 0 unspecified atom stereocenters. The quantitative estimate of drug-likeness (QED) is 0.370. The number of phenols is 1. The fourth-order valence-corrected chi connectivity index (χ4v) is 2.27. The second-order valence-corrected chi connectivity index (χ2v) is 5.18. The Balaban J connectivity index is 3.39. The zero-order valence-corrected chi connectivity index (χ0v) is 14.4. The molecule has 0 radical (unpaired) electrons. The van der Waals surface area contributed by atoms with E-state index in [-0.39, 0.29) is 23.1 Å². The van der Waals surface area contributed by atoms with Gasteiger partial charge in [0.2, 0.25) is 0 Å². The monoisotopic (exact) mass is 336 g/mol. The highest BCUT2D eigenvalue weighted by Crippen LogP contribution is 2.38. The van der Waals surface area contributed by atoms with Crippen molar-refractivity contribution < 1.29 is 14.6 Å². The molecule has 0 aromatic heterocycles. The molecule has 0 atom stereocenters. The Morgan fingerprint density at radius 1 is 1.48 bits per heavy atom. The lowest BCUT2D eigenvalue weighted by Gasteiger charge is -2.19. The van der Waals surface area contributed by atoms with Crippen LogP contribution in [0, 0.1) is 11.5 Å². The van der Waals surface area contributed by atoms with Gasteiger partial charge in [0.15, 0.2) is 22.9 Å². The number of rotatable bonds is 5. The third-order valence-electron chi connectivity index (χ3n) is 3.15. The summed E-state index contributed by atoms with van der Waals surface area (Å²) in [5, 5.41) is 21.6. The standard InChI is InChI=1S/C15H20N4O3S/c1-5-19(6-2)14(21)10-7-11(13(20)12(8-10)22-3)18-15(23-4)17-9-16/h7-8,20H,5-6H2,1-4H3,(H,17,18). The van der Waals surface area contributed by atoms with Crippen molar-refractivity contribution in [3.05, 3.63) is 17.7 Å². The summed E-state index contributed by atoms with van der Waals surface area (Å²) in [5.41, 5.74) is 0.520. The molecular weight excluding hydrogens is 316 g/mol. The molecular formula is C15H20N4O3S. The first kappa shape index (κ1) is 18.6. The smallest absolute Gasteiger partial charge is 0.254 e. The Bertz CT molecular complexity index is 636. The normalized spacial score (nSPS) is 10.8. The number of nitrogens with one attached hydrogen (secondary N) is 1. The van der Waals surface area contributed by atoms with E-state index < -0.39 is 0 Å². The molecule has 1 rings (SSSR count). The Morgan fingerprint density at radius 2 is 2.13 bits per heavy atom. The van der Waals surface area contributed by atoms with Crippen LogP contribution in [0.1, 0.15) is 24.2 Å². The number of aliphatic imine (C=N–C) groups is 1. The maximum absolute atomic E-state index is 12.5. The minimum atomic E-state index is -0.185. The van der Waals surface area contributed by atoms with E-state index in [2.05, 4.69) is 10.3 Å². The number of hydrogen-bond donors (Lipinski definition) is 2. The first-order valence-electron chi connectivity index (χ1n) is 7.00. The fraction of sp³-hybridized carbons (Fsp3) is 0.400. The molecule has 0 fully saturated rings. The minimum absolute atomic E-state index is 0.152. The van der Waals surface area contributed by atoms with Gasteiger partial charge in [-0.2, -0.15) is 5.26 Å². The number of hydrogen-bond acceptors (Lipinski definition) is 6. The number of methoxy groups -OCH3 is 1. The second-order valence-electron chi connectivity index (χ2n) is 4.38. The molecule has 7 nitrogen and oxygen atoms in total. The minimum Gasteiger partial charge on any atom is -0.503 e. The highest BCUT2D eigenvalue weighted by atomic mass is 32.2. The van der Waals surface area contributed by atoms with Gasteiger partial charge in [-0.3, -0.25) is 10.1 Å². The van der Waals surface area contributed by atoms with E-state index in [0.717, 1.165) is 0 Å². The summed E-state index contributed by atoms with van der Waals surface area (Å²) in [6.07, 6.45) is 3.51. The molecule has 0 heterocycles. The van der Waals surface area contributed by atoms with Gasteiger partial charge in [0.25, 0.3) is 5.91 Å². The van der Waals surface area contributed by atoms with E-state index in [4.69, 9.17) is 10.00 Å². The van der Waals surface area contributed by atoms with Gasteiger partial charge in [0.05, 0.1) is 7.11 Å². The van der Waals surface area contributed by atoms with Gasteiger partial charge >= 0.3 is 0 Å². The predicted molar refractivity (Wildman–Crippen MR) is 91.3 cm³/mol. The first-order valence-corrected chi connectivity index (χ1v) is 8.22. The number of nitriles is 1. The molecule has 0 saturated carbocycles. The number of carbonyl (C=O) groups is 1. The summed E-state index contributed by atoms with van der Waals surface area (Å²) in [6.45, 7) is 4.92. The van der Waals surface area contributed by atoms with Crippen LogP contribution in [0.25, 0.3) is 0 Å². The summed E-state index contributed by atoms with van der Waals surface area (Å²) >= 11 is 1.21. The van der Waals surface area contributed by atoms with Crippen molar-refractivity contribution >= 4 is 28.5 Å². The number of nitrogens with zero attached hydrogens (tertiary/aromatic N) is 3. The number of amides is 1. The number of benzene rings is 1. The largest absolute Gasteiger partial charge is 0.503 e. The molecule has 1 amide bonds. The molecule has 124 valence electrons. The Kier molecular flexibility index (Phi) is 7.22. The highest BCUT2D eigenvalue weighted by molar-refractivity contribution is 8.13. The van der Waals surface area contributed by atoms with E-state index in [1.807, 2.05) is 13.8 Å². The molecule has 23 heavy (non-hydrogen) atoms. The van der Waals surface area contributed by atoms with Gasteiger partial charge in [-0.1, -0.05) is 11.8 Å². The number of amidine groups is 1. The molecule has 0 aliphatic heterocycles. The van der Waals surface area contributed by atoms with Gasteiger partial charge in [0, 0.05) is 18.7 Å². The van der Waals surface area contributed by atoms with Gasteiger partial charge < -0.3 is 14.7 Å². The van der Waals surface area contributed by atoms with Gasteiger partial charge in [-0.25, -0.2) is 4.99 Å². The van der Waals surface area contributed by atoms with E-state index in [1.165, 1.54) is 31.0 Å². The zero-order valence-electron chi connectivity index (χ0n) is 13.6. The Morgan fingerprint density at radius 3 is 2.61 bits per heavy atom. The number of aromatic hydroxyl groups is 1. The maximum Gasteiger partial charge on any atom is 0.254 e. The molecule has 0 aliphatic carbocycles. The molecule has 0 aliphatic rings. The summed E-state index contributed by atoms with van der Waals surface area (Å²) in [5.74, 6) is -0.210. The van der Waals surface area contributed by atoms with E-state index in [1.54, 1.807) is 17.3 Å². The molecule has 1 aromatic rings. The summed E-state index contributed by atoms with van der Waals surface area (Å²) in [6, 6.07) is 2.96. The third-order valence-corrected chi connectivity index (χ3v) is 3.73. The van der Waals surface area contributed by atoms with Crippen LogP contribution in [0.2, 0.25) is 0 Å². The van der Waals surface area contributed by atoms with E-state index >= 15 is 0 Å². The van der Waals surface area contributed by atoms with Crippen LogP contribution in [0.15, 0.2) is 17.1 Å². The maximum atomic E-state index is 12.5. The number of thioether (sulfide) groups is 1. The molecule has 1 aromatic carbocycles. The summed E-state index contributed by atoms with van der Waals surface area (Å²) in [4.78, 5) is 18.3. The molecule has 0 saturated heterocycles. The Hall–Kier alpha value is -2.40. The van der Waals surface area contributed by atoms with Crippen LogP contribution < -0.4 is 10.1 Å². The van der Waals surface area contributed by atoms with Crippen molar-refractivity contribution in [1.29, 1.82) is 5.26 Å². The molecule has 0 bridgehead atoms. The predicted octanol–water partition coefficient (Wildman–Crippen LogP) is 2.30. The average Bonchev–Trinajstić information content (AvgIpc) is 2.56. The van der Waals surface area contributed by atoms with Gasteiger partial charge in [-0.05, 0) is 32.2 Å². The van der Waals surface area contributed by atoms with Crippen LogP contribution in [0.5, 0.6) is 11.5 Å². The van der Waals surface area contributed by atoms with Crippen LogP contribution in [0.4, 0.5) is 5.69 Å². The summed E-state index contributed by atoms with van der Waals surface area (Å²) < 4.78 is 5.12. The van der Waals surface area contributed by atoms with Crippen molar-refractivity contribution in [2.45, 2.75) is 13.8 Å². The zero-order chi connectivity index (χ0) is 17.4. The SMILES string of the molecule is CCN(CC)C(=O)c1cc(N=C(NC#N)SC)c(O)c(OC)c1. The number of ether oxygens (including phenoxy) is 1. The topological polar surface area (TPSA) is 98.0 Å². The van der Waals surface area contributed by atoms with E-state index in [9.17, 15) is 9.90 Å². The lowest BCUT2D eigenvalue weighted by Crippen LogP contribution is -2.30. The molecule has 2 N–H and O–H groups in total. The van der Waals surface area contributed by atoms with Crippen molar-refractivity contribution in [2.24, 2.45) is 4.99 Å². The van der Waals surface area contributed by atoms with Crippen molar-refractivity contribution in [1.82, 2.24) is 10.2 Å². The molecule has 0 spiro atoms. The van der Waals surface area contributed by atoms with Gasteiger partial charge in [0.1, 0.15) is 5.69 Å².